The van der Waals surface area contributed by atoms with Gasteiger partial charge in [0.25, 0.3) is 0 Å². The second kappa shape index (κ2) is 8.12. The highest BCUT2D eigenvalue weighted by molar-refractivity contribution is 6.01. The van der Waals surface area contributed by atoms with E-state index < -0.39 is 0 Å². The molecule has 0 saturated carbocycles. The highest BCUT2D eigenvalue weighted by atomic mass is 16.5. The van der Waals surface area contributed by atoms with E-state index in [-0.39, 0.29) is 24.2 Å². The number of hydrogen-bond acceptors (Lipinski definition) is 4. The summed E-state index contributed by atoms with van der Waals surface area (Å²) in [6.07, 6.45) is 0.193. The van der Waals surface area contributed by atoms with Gasteiger partial charge in [-0.25, -0.2) is 0 Å². The van der Waals surface area contributed by atoms with Gasteiger partial charge in [0.2, 0.25) is 11.8 Å². The Morgan fingerprint density at radius 2 is 1.89 bits per heavy atom. The zero-order valence-electron chi connectivity index (χ0n) is 15.8. The van der Waals surface area contributed by atoms with Crippen molar-refractivity contribution in [3.05, 3.63) is 54.1 Å². The van der Waals surface area contributed by atoms with Crippen molar-refractivity contribution in [3.8, 4) is 11.5 Å². The largest absolute Gasteiger partial charge is 0.497 e. The van der Waals surface area contributed by atoms with Crippen molar-refractivity contribution in [1.82, 2.24) is 4.90 Å². The summed E-state index contributed by atoms with van der Waals surface area (Å²) in [4.78, 5) is 28.7. The third-order valence-electron chi connectivity index (χ3n) is 4.79. The van der Waals surface area contributed by atoms with Gasteiger partial charge in [0.15, 0.2) is 0 Å². The first-order valence-corrected chi connectivity index (χ1v) is 8.84. The number of methoxy groups -OCH3 is 2. The normalized spacial score (nSPS) is 16.3. The molecule has 3 rings (SSSR count). The molecule has 6 heteroatoms. The molecule has 0 bridgehead atoms. The molecule has 6 nitrogen and oxygen atoms in total. The van der Waals surface area contributed by atoms with Crippen LogP contribution in [0.2, 0.25) is 0 Å². The van der Waals surface area contributed by atoms with Gasteiger partial charge < -0.3 is 19.3 Å². The third-order valence-corrected chi connectivity index (χ3v) is 4.79. The molecule has 0 unspecified atom stereocenters. The molecule has 1 saturated heterocycles. The van der Waals surface area contributed by atoms with Gasteiger partial charge >= 0.3 is 0 Å². The van der Waals surface area contributed by atoms with Crippen LogP contribution >= 0.6 is 0 Å². The SMILES string of the molecule is COc1ccc(OC)c(N2C[C@@H](C(=O)N(C)Cc3ccccc3)CC2=O)c1. The number of rotatable bonds is 6. The fourth-order valence-electron chi connectivity index (χ4n) is 3.36. The van der Waals surface area contributed by atoms with Crippen LogP contribution in [0.25, 0.3) is 0 Å². The number of hydrogen-bond donors (Lipinski definition) is 0. The molecule has 1 heterocycles. The number of benzene rings is 2. The first-order chi connectivity index (χ1) is 13.0. The number of anilines is 1. The molecule has 2 aromatic rings. The number of amides is 2. The maximum atomic E-state index is 12.8. The van der Waals surface area contributed by atoms with Crippen molar-refractivity contribution in [2.75, 3.05) is 32.7 Å². The van der Waals surface area contributed by atoms with Gasteiger partial charge in [-0.1, -0.05) is 30.3 Å². The first-order valence-electron chi connectivity index (χ1n) is 8.84. The molecule has 2 amide bonds. The van der Waals surface area contributed by atoms with Gasteiger partial charge in [0.1, 0.15) is 11.5 Å². The minimum atomic E-state index is -0.373. The van der Waals surface area contributed by atoms with Crippen LogP contribution in [0.4, 0.5) is 5.69 Å². The summed E-state index contributed by atoms with van der Waals surface area (Å²) >= 11 is 0. The molecular formula is C21H24N2O4. The topological polar surface area (TPSA) is 59.1 Å². The Labute approximate surface area is 159 Å². The predicted molar refractivity (Wildman–Crippen MR) is 103 cm³/mol. The van der Waals surface area contributed by atoms with E-state index in [0.717, 1.165) is 5.56 Å². The highest BCUT2D eigenvalue weighted by Gasteiger charge is 2.37. The predicted octanol–water partition coefficient (Wildman–Crippen LogP) is 2.72. The molecule has 27 heavy (non-hydrogen) atoms. The Morgan fingerprint density at radius 3 is 2.56 bits per heavy atom. The monoisotopic (exact) mass is 368 g/mol. The van der Waals surface area contributed by atoms with Crippen molar-refractivity contribution in [2.24, 2.45) is 5.92 Å². The summed E-state index contributed by atoms with van der Waals surface area (Å²) in [5.41, 5.74) is 1.69. The summed E-state index contributed by atoms with van der Waals surface area (Å²) < 4.78 is 10.6. The lowest BCUT2D eigenvalue weighted by Gasteiger charge is -2.22. The summed E-state index contributed by atoms with van der Waals surface area (Å²) in [5, 5.41) is 0. The van der Waals surface area contributed by atoms with Crippen LogP contribution in [0.15, 0.2) is 48.5 Å². The van der Waals surface area contributed by atoms with E-state index in [1.807, 2.05) is 30.3 Å². The summed E-state index contributed by atoms with van der Waals surface area (Å²) in [5.74, 6) is 0.719. The van der Waals surface area contributed by atoms with Gasteiger partial charge in [-0.05, 0) is 17.7 Å². The van der Waals surface area contributed by atoms with E-state index in [0.29, 0.717) is 30.3 Å². The van der Waals surface area contributed by atoms with E-state index in [4.69, 9.17) is 9.47 Å². The fourth-order valence-corrected chi connectivity index (χ4v) is 3.36. The zero-order chi connectivity index (χ0) is 19.4. The highest BCUT2D eigenvalue weighted by Crippen LogP contribution is 2.36. The van der Waals surface area contributed by atoms with Crippen LogP contribution in [0.5, 0.6) is 11.5 Å². The summed E-state index contributed by atoms with van der Waals surface area (Å²) in [6, 6.07) is 15.1. The summed E-state index contributed by atoms with van der Waals surface area (Å²) in [6.45, 7) is 0.854. The van der Waals surface area contributed by atoms with Crippen molar-refractivity contribution in [1.29, 1.82) is 0 Å². The molecule has 0 aliphatic carbocycles. The Kier molecular flexibility index (Phi) is 5.64. The number of ether oxygens (including phenoxy) is 2. The second-order valence-corrected chi connectivity index (χ2v) is 6.62. The standard InChI is InChI=1S/C21H24N2O4/c1-22(13-15-7-5-4-6-8-15)21(25)16-11-20(24)23(14-16)18-12-17(26-2)9-10-19(18)27-3/h4-10,12,16H,11,13-14H2,1-3H3/t16-/m0/s1. The molecule has 142 valence electrons. The number of nitrogens with zero attached hydrogens (tertiary/aromatic N) is 2. The smallest absolute Gasteiger partial charge is 0.228 e. The second-order valence-electron chi connectivity index (χ2n) is 6.62. The van der Waals surface area contributed by atoms with Crippen LogP contribution in [0.3, 0.4) is 0 Å². The van der Waals surface area contributed by atoms with Crippen LogP contribution in [-0.4, -0.2) is 44.5 Å². The maximum absolute atomic E-state index is 12.8. The maximum Gasteiger partial charge on any atom is 0.228 e. The lowest BCUT2D eigenvalue weighted by atomic mass is 10.1. The molecular weight excluding hydrogens is 344 g/mol. The lowest BCUT2D eigenvalue weighted by Crippen LogP contribution is -2.34. The molecule has 0 aromatic heterocycles. The van der Waals surface area contributed by atoms with Gasteiger partial charge in [-0.2, -0.15) is 0 Å². The zero-order valence-corrected chi connectivity index (χ0v) is 15.8. The van der Waals surface area contributed by atoms with E-state index in [2.05, 4.69) is 0 Å². The van der Waals surface area contributed by atoms with E-state index in [1.165, 1.54) is 0 Å². The first kappa shape index (κ1) is 18.8. The molecule has 1 atom stereocenters. The molecule has 1 fully saturated rings. The van der Waals surface area contributed by atoms with E-state index >= 15 is 0 Å². The molecule has 0 N–H and O–H groups in total. The van der Waals surface area contributed by atoms with Gasteiger partial charge in [0.05, 0.1) is 25.8 Å². The van der Waals surface area contributed by atoms with Crippen LogP contribution in [-0.2, 0) is 16.1 Å². The minimum Gasteiger partial charge on any atom is -0.497 e. The van der Waals surface area contributed by atoms with Crippen molar-refractivity contribution in [3.63, 3.8) is 0 Å². The molecule has 1 aliphatic rings. The lowest BCUT2D eigenvalue weighted by molar-refractivity contribution is -0.135. The van der Waals surface area contributed by atoms with E-state index in [9.17, 15) is 9.59 Å². The quantitative estimate of drug-likeness (QED) is 0.787. The van der Waals surface area contributed by atoms with Crippen LogP contribution in [0, 0.1) is 5.92 Å². The Bertz CT molecular complexity index is 822. The average Bonchev–Trinajstić information content (AvgIpc) is 3.09. The van der Waals surface area contributed by atoms with Crippen molar-refractivity contribution < 1.29 is 19.1 Å². The third kappa shape index (κ3) is 4.05. The Hall–Kier alpha value is -3.02. The number of carbonyl (C=O) groups excluding carboxylic acids is 2. The van der Waals surface area contributed by atoms with Crippen molar-refractivity contribution in [2.45, 2.75) is 13.0 Å². The molecule has 1 aliphatic heterocycles. The van der Waals surface area contributed by atoms with Gasteiger partial charge in [0, 0.05) is 32.6 Å². The minimum absolute atomic E-state index is 0.0310. The average molecular weight is 368 g/mol. The van der Waals surface area contributed by atoms with Gasteiger partial charge in [-0.3, -0.25) is 9.59 Å². The van der Waals surface area contributed by atoms with Crippen molar-refractivity contribution >= 4 is 17.5 Å². The molecule has 0 spiro atoms. The summed E-state index contributed by atoms with van der Waals surface area (Å²) in [7, 11) is 4.90. The van der Waals surface area contributed by atoms with Crippen LogP contribution in [0.1, 0.15) is 12.0 Å². The fraction of sp³-hybridized carbons (Fsp3) is 0.333. The Morgan fingerprint density at radius 1 is 1.15 bits per heavy atom. The molecule has 0 radical (unpaired) electrons. The van der Waals surface area contributed by atoms with E-state index in [1.54, 1.807) is 49.3 Å². The van der Waals surface area contributed by atoms with Crippen LogP contribution < -0.4 is 14.4 Å². The number of carbonyl (C=O) groups is 2. The Balaban J connectivity index is 1.74. The molecule has 2 aromatic carbocycles. The van der Waals surface area contributed by atoms with Gasteiger partial charge in [-0.15, -0.1) is 0 Å².